The van der Waals surface area contributed by atoms with Crippen LogP contribution in [-0.2, 0) is 17.8 Å². The standard InChI is InChI=1S/C26H34FN5O/c1-19-24(16-28-15-20-9-13-33-14-10-20)26-29-11-8-25(32(26)30-19)22-3-2-12-31(18-22)17-21-4-6-23(27)7-5-21/h4-8,11,20,22,28H,2-3,9-10,12-18H2,1H3/t22-/m1/s1. The minimum atomic E-state index is -0.179. The summed E-state index contributed by atoms with van der Waals surface area (Å²) >= 11 is 0. The van der Waals surface area contributed by atoms with Gasteiger partial charge >= 0.3 is 0 Å². The van der Waals surface area contributed by atoms with Gasteiger partial charge in [0.15, 0.2) is 5.65 Å². The van der Waals surface area contributed by atoms with Crippen molar-refractivity contribution in [2.75, 3.05) is 32.8 Å². The highest BCUT2D eigenvalue weighted by molar-refractivity contribution is 5.50. The van der Waals surface area contributed by atoms with Crippen molar-refractivity contribution in [2.45, 2.75) is 51.6 Å². The molecular formula is C26H34FN5O. The van der Waals surface area contributed by atoms with Gasteiger partial charge in [0.2, 0.25) is 0 Å². The summed E-state index contributed by atoms with van der Waals surface area (Å²) in [5.41, 5.74) is 5.61. The molecule has 6 nitrogen and oxygen atoms in total. The number of nitrogens with zero attached hydrogens (tertiary/aromatic N) is 4. The first-order chi connectivity index (χ1) is 16.2. The van der Waals surface area contributed by atoms with E-state index in [1.165, 1.54) is 11.3 Å². The average Bonchev–Trinajstić information content (AvgIpc) is 3.16. The van der Waals surface area contributed by atoms with Crippen molar-refractivity contribution in [1.82, 2.24) is 24.8 Å². The largest absolute Gasteiger partial charge is 0.381 e. The Morgan fingerprint density at radius 1 is 1.12 bits per heavy atom. The van der Waals surface area contributed by atoms with Crippen LogP contribution in [0.5, 0.6) is 0 Å². The van der Waals surface area contributed by atoms with Gasteiger partial charge < -0.3 is 10.1 Å². The Bertz CT molecular complexity index is 1060. The van der Waals surface area contributed by atoms with Crippen LogP contribution in [0.25, 0.3) is 5.65 Å². The monoisotopic (exact) mass is 451 g/mol. The van der Waals surface area contributed by atoms with Crippen molar-refractivity contribution in [1.29, 1.82) is 0 Å². The second-order valence-corrected chi connectivity index (χ2v) is 9.56. The fourth-order valence-corrected chi connectivity index (χ4v) is 5.27. The Kier molecular flexibility index (Phi) is 6.99. The SMILES string of the molecule is Cc1nn2c([C@@H]3CCCN(Cc4ccc(F)cc4)C3)ccnc2c1CNCC1CCOCC1. The minimum Gasteiger partial charge on any atom is -0.381 e. The number of nitrogens with one attached hydrogen (secondary N) is 1. The number of fused-ring (bicyclic) bond motifs is 1. The van der Waals surface area contributed by atoms with Gasteiger partial charge in [0.25, 0.3) is 0 Å². The third-order valence-electron chi connectivity index (χ3n) is 7.16. The molecule has 0 amide bonds. The van der Waals surface area contributed by atoms with Crippen molar-refractivity contribution in [3.05, 3.63) is 64.9 Å². The number of ether oxygens (including phenoxy) is 1. The molecule has 0 saturated carbocycles. The molecule has 176 valence electrons. The van der Waals surface area contributed by atoms with Crippen LogP contribution in [0.4, 0.5) is 4.39 Å². The number of rotatable bonds is 7. The zero-order valence-electron chi connectivity index (χ0n) is 19.5. The highest BCUT2D eigenvalue weighted by Crippen LogP contribution is 2.29. The van der Waals surface area contributed by atoms with Gasteiger partial charge in [-0.15, -0.1) is 0 Å². The maximum Gasteiger partial charge on any atom is 0.159 e. The van der Waals surface area contributed by atoms with E-state index in [-0.39, 0.29) is 5.82 Å². The molecule has 7 heteroatoms. The van der Waals surface area contributed by atoms with Crippen molar-refractivity contribution in [3.63, 3.8) is 0 Å². The van der Waals surface area contributed by atoms with Gasteiger partial charge in [-0.3, -0.25) is 4.90 Å². The first-order valence-electron chi connectivity index (χ1n) is 12.3. The van der Waals surface area contributed by atoms with Crippen LogP contribution in [0.15, 0.2) is 36.5 Å². The van der Waals surface area contributed by atoms with Crippen LogP contribution in [0.2, 0.25) is 0 Å². The quantitative estimate of drug-likeness (QED) is 0.587. The van der Waals surface area contributed by atoms with Crippen LogP contribution in [0, 0.1) is 18.7 Å². The Morgan fingerprint density at radius 2 is 1.94 bits per heavy atom. The van der Waals surface area contributed by atoms with E-state index >= 15 is 0 Å². The molecular weight excluding hydrogens is 417 g/mol. The average molecular weight is 452 g/mol. The van der Waals surface area contributed by atoms with Gasteiger partial charge in [0, 0.05) is 50.5 Å². The number of aryl methyl sites for hydroxylation is 1. The van der Waals surface area contributed by atoms with Crippen molar-refractivity contribution in [2.24, 2.45) is 5.92 Å². The molecule has 2 saturated heterocycles. The van der Waals surface area contributed by atoms with Gasteiger partial charge in [-0.2, -0.15) is 5.10 Å². The smallest absolute Gasteiger partial charge is 0.159 e. The number of halogens is 1. The fourth-order valence-electron chi connectivity index (χ4n) is 5.27. The number of piperidine rings is 1. The molecule has 2 fully saturated rings. The Hall–Kier alpha value is -2.35. The van der Waals surface area contributed by atoms with E-state index in [2.05, 4.69) is 27.7 Å². The Labute approximate surface area is 195 Å². The molecule has 2 aliphatic heterocycles. The molecule has 0 radical (unpaired) electrons. The van der Waals surface area contributed by atoms with Gasteiger partial charge in [-0.05, 0) is 75.4 Å². The van der Waals surface area contributed by atoms with Crippen molar-refractivity contribution < 1.29 is 9.13 Å². The van der Waals surface area contributed by atoms with Gasteiger partial charge in [-0.1, -0.05) is 12.1 Å². The predicted molar refractivity (Wildman–Crippen MR) is 127 cm³/mol. The van der Waals surface area contributed by atoms with Crippen molar-refractivity contribution >= 4 is 5.65 Å². The third kappa shape index (κ3) is 5.26. The lowest BCUT2D eigenvalue weighted by Crippen LogP contribution is -2.34. The molecule has 33 heavy (non-hydrogen) atoms. The van der Waals surface area contributed by atoms with E-state index in [9.17, 15) is 4.39 Å². The van der Waals surface area contributed by atoms with Crippen LogP contribution in [-0.4, -0.2) is 52.3 Å². The normalized spacial score (nSPS) is 20.5. The summed E-state index contributed by atoms with van der Waals surface area (Å²) in [7, 11) is 0. The summed E-state index contributed by atoms with van der Waals surface area (Å²) in [5, 5.41) is 8.55. The maximum absolute atomic E-state index is 13.3. The van der Waals surface area contributed by atoms with Gasteiger partial charge in [0.05, 0.1) is 11.4 Å². The van der Waals surface area contributed by atoms with E-state index in [0.29, 0.717) is 11.8 Å². The highest BCUT2D eigenvalue weighted by Gasteiger charge is 2.25. The maximum atomic E-state index is 13.3. The number of hydrogen-bond donors (Lipinski definition) is 1. The second-order valence-electron chi connectivity index (χ2n) is 9.56. The lowest BCUT2D eigenvalue weighted by atomic mass is 9.94. The summed E-state index contributed by atoms with van der Waals surface area (Å²) in [6.45, 7) is 8.56. The van der Waals surface area contributed by atoms with Crippen LogP contribution in [0.1, 0.15) is 54.1 Å². The molecule has 4 heterocycles. The zero-order chi connectivity index (χ0) is 22.6. The predicted octanol–water partition coefficient (Wildman–Crippen LogP) is 4.07. The minimum absolute atomic E-state index is 0.179. The molecule has 3 aromatic rings. The van der Waals surface area contributed by atoms with E-state index < -0.39 is 0 Å². The topological polar surface area (TPSA) is 54.7 Å². The summed E-state index contributed by atoms with van der Waals surface area (Å²) < 4.78 is 20.8. The fraction of sp³-hybridized carbons (Fsp3) is 0.538. The van der Waals surface area contributed by atoms with Gasteiger partial charge in [0.1, 0.15) is 5.82 Å². The molecule has 0 bridgehead atoms. The molecule has 0 aliphatic carbocycles. The van der Waals surface area contributed by atoms with E-state index in [4.69, 9.17) is 14.8 Å². The highest BCUT2D eigenvalue weighted by atomic mass is 19.1. The number of likely N-dealkylation sites (tertiary alicyclic amines) is 1. The molecule has 2 aromatic heterocycles. The Balaban J connectivity index is 1.28. The molecule has 1 aromatic carbocycles. The summed E-state index contributed by atoms with van der Waals surface area (Å²) in [5.74, 6) is 0.923. The summed E-state index contributed by atoms with van der Waals surface area (Å²) in [6.07, 6.45) is 6.51. The molecule has 5 rings (SSSR count). The van der Waals surface area contributed by atoms with Crippen LogP contribution < -0.4 is 5.32 Å². The van der Waals surface area contributed by atoms with Crippen molar-refractivity contribution in [3.8, 4) is 0 Å². The molecule has 1 atom stereocenters. The van der Waals surface area contributed by atoms with Crippen LogP contribution >= 0.6 is 0 Å². The van der Waals surface area contributed by atoms with E-state index in [0.717, 1.165) is 88.5 Å². The van der Waals surface area contributed by atoms with Crippen LogP contribution in [0.3, 0.4) is 0 Å². The lowest BCUT2D eigenvalue weighted by Gasteiger charge is -2.33. The van der Waals surface area contributed by atoms with E-state index in [1.54, 1.807) is 12.1 Å². The summed E-state index contributed by atoms with van der Waals surface area (Å²) in [4.78, 5) is 7.18. The molecule has 2 aliphatic rings. The molecule has 0 unspecified atom stereocenters. The molecule has 0 spiro atoms. The number of hydrogen-bond acceptors (Lipinski definition) is 5. The number of aromatic nitrogens is 3. The van der Waals surface area contributed by atoms with Gasteiger partial charge in [-0.25, -0.2) is 13.9 Å². The number of benzene rings is 1. The second kappa shape index (κ2) is 10.3. The third-order valence-corrected chi connectivity index (χ3v) is 7.16. The summed E-state index contributed by atoms with van der Waals surface area (Å²) in [6, 6.07) is 9.01. The lowest BCUT2D eigenvalue weighted by molar-refractivity contribution is 0.0662. The first-order valence-corrected chi connectivity index (χ1v) is 12.3. The molecule has 1 N–H and O–H groups in total. The zero-order valence-corrected chi connectivity index (χ0v) is 19.5. The Morgan fingerprint density at radius 3 is 2.76 bits per heavy atom. The van der Waals surface area contributed by atoms with E-state index in [1.807, 2.05) is 18.3 Å². The first kappa shape index (κ1) is 22.4.